The first kappa shape index (κ1) is 28.4. The zero-order valence-electron chi connectivity index (χ0n) is 20.7. The number of hydrogen-bond acceptors (Lipinski definition) is 5. The third kappa shape index (κ3) is 11.5. The van der Waals surface area contributed by atoms with Gasteiger partial charge >= 0.3 is 0 Å². The molecule has 0 aliphatic rings. The fourth-order valence-corrected chi connectivity index (χ4v) is 5.74. The predicted octanol–water partition coefficient (Wildman–Crippen LogP) is 7.76. The van der Waals surface area contributed by atoms with Gasteiger partial charge in [0.1, 0.15) is 0 Å². The molecule has 1 aromatic heterocycles. The highest BCUT2D eigenvalue weighted by Crippen LogP contribution is 2.20. The van der Waals surface area contributed by atoms with Gasteiger partial charge in [-0.15, -0.1) is 11.3 Å². The summed E-state index contributed by atoms with van der Waals surface area (Å²) in [5.41, 5.74) is 0.863. The van der Waals surface area contributed by atoms with Gasteiger partial charge in [-0.25, -0.2) is 13.1 Å². The van der Waals surface area contributed by atoms with Crippen molar-refractivity contribution in [1.82, 2.24) is 4.72 Å². The Kier molecular flexibility index (Phi) is 14.0. The molecule has 1 heterocycles. The van der Waals surface area contributed by atoms with Crippen LogP contribution in [0.4, 0.5) is 5.69 Å². The van der Waals surface area contributed by atoms with E-state index in [1.54, 1.807) is 24.3 Å². The Balaban J connectivity index is 1.50. The molecule has 0 fully saturated rings. The molecule has 7 heteroatoms. The van der Waals surface area contributed by atoms with Gasteiger partial charge in [0.05, 0.1) is 9.77 Å². The average Bonchev–Trinajstić information content (AvgIpc) is 3.31. The summed E-state index contributed by atoms with van der Waals surface area (Å²) >= 11 is 1.24. The van der Waals surface area contributed by atoms with E-state index in [-0.39, 0.29) is 4.90 Å². The predicted molar refractivity (Wildman–Crippen MR) is 144 cm³/mol. The van der Waals surface area contributed by atoms with Crippen LogP contribution in [0.1, 0.15) is 106 Å². The second kappa shape index (κ2) is 16.7. The van der Waals surface area contributed by atoms with Gasteiger partial charge in [0.15, 0.2) is 0 Å². The summed E-state index contributed by atoms with van der Waals surface area (Å²) in [5, 5.41) is 5.19. The standard InChI is InChI=1S/C27H42N2O3S2/c1-2-3-4-5-6-7-8-9-10-11-12-13-14-18-21-28-24-22-26(33-23-24)27(30)29-34(31,32)25-19-16-15-17-20-25/h15-17,19-20,22-23,28H,2-14,18,21H2,1H3,(H,29,30). The number of thiophene rings is 1. The lowest BCUT2D eigenvalue weighted by Gasteiger charge is -2.06. The minimum absolute atomic E-state index is 0.0797. The number of anilines is 1. The zero-order valence-corrected chi connectivity index (χ0v) is 22.3. The number of amides is 1. The molecular weight excluding hydrogens is 464 g/mol. The lowest BCUT2D eigenvalue weighted by Crippen LogP contribution is -2.29. The molecule has 190 valence electrons. The van der Waals surface area contributed by atoms with E-state index in [0.717, 1.165) is 18.7 Å². The maximum absolute atomic E-state index is 12.4. The summed E-state index contributed by atoms with van der Waals surface area (Å²) in [7, 11) is -3.86. The van der Waals surface area contributed by atoms with Crippen molar-refractivity contribution in [2.75, 3.05) is 11.9 Å². The van der Waals surface area contributed by atoms with Crippen molar-refractivity contribution < 1.29 is 13.2 Å². The van der Waals surface area contributed by atoms with Crippen LogP contribution in [0.15, 0.2) is 46.7 Å². The van der Waals surface area contributed by atoms with Crippen LogP contribution in [-0.2, 0) is 10.0 Å². The highest BCUT2D eigenvalue weighted by Gasteiger charge is 2.19. The van der Waals surface area contributed by atoms with Gasteiger partial charge in [-0.1, -0.05) is 109 Å². The smallest absolute Gasteiger partial charge is 0.275 e. The molecule has 5 nitrogen and oxygen atoms in total. The van der Waals surface area contributed by atoms with Crippen molar-refractivity contribution in [3.63, 3.8) is 0 Å². The molecule has 0 saturated heterocycles. The van der Waals surface area contributed by atoms with E-state index in [4.69, 9.17) is 0 Å². The molecule has 0 atom stereocenters. The Morgan fingerprint density at radius 2 is 1.32 bits per heavy atom. The lowest BCUT2D eigenvalue weighted by molar-refractivity contribution is 0.0985. The van der Waals surface area contributed by atoms with Crippen molar-refractivity contribution in [3.8, 4) is 0 Å². The molecule has 34 heavy (non-hydrogen) atoms. The van der Waals surface area contributed by atoms with Gasteiger partial charge in [-0.05, 0) is 24.6 Å². The molecule has 0 radical (unpaired) electrons. The molecule has 1 amide bonds. The molecule has 2 N–H and O–H groups in total. The number of carbonyl (C=O) groups is 1. The van der Waals surface area contributed by atoms with Gasteiger partial charge in [0.2, 0.25) is 0 Å². The summed E-state index contributed by atoms with van der Waals surface area (Å²) in [5.74, 6) is -0.599. The van der Waals surface area contributed by atoms with Gasteiger partial charge in [0.25, 0.3) is 15.9 Å². The van der Waals surface area contributed by atoms with E-state index in [0.29, 0.717) is 4.88 Å². The second-order valence-electron chi connectivity index (χ2n) is 8.97. The maximum atomic E-state index is 12.4. The van der Waals surface area contributed by atoms with E-state index in [9.17, 15) is 13.2 Å². The highest BCUT2D eigenvalue weighted by atomic mass is 32.2. The molecule has 0 bridgehead atoms. The molecule has 0 aliphatic carbocycles. The van der Waals surface area contributed by atoms with Gasteiger partial charge in [0, 0.05) is 17.6 Å². The van der Waals surface area contributed by atoms with E-state index in [2.05, 4.69) is 17.0 Å². The average molecular weight is 507 g/mol. The molecule has 1 aromatic carbocycles. The fraction of sp³-hybridized carbons (Fsp3) is 0.593. The number of sulfonamides is 1. The number of nitrogens with one attached hydrogen (secondary N) is 2. The first-order chi connectivity index (χ1) is 16.5. The van der Waals surface area contributed by atoms with Crippen molar-refractivity contribution in [3.05, 3.63) is 46.7 Å². The van der Waals surface area contributed by atoms with Gasteiger partial charge in [-0.3, -0.25) is 4.79 Å². The summed E-state index contributed by atoms with van der Waals surface area (Å²) in [6.07, 6.45) is 18.7. The van der Waals surface area contributed by atoms with Crippen LogP contribution in [0.25, 0.3) is 0 Å². The summed E-state index contributed by atoms with van der Waals surface area (Å²) in [6, 6.07) is 9.63. The Bertz CT molecular complexity index is 911. The van der Waals surface area contributed by atoms with E-state index >= 15 is 0 Å². The summed E-state index contributed by atoms with van der Waals surface area (Å²) in [6.45, 7) is 3.13. The Labute approximate surface area is 210 Å². The van der Waals surface area contributed by atoms with E-state index in [1.807, 2.05) is 5.38 Å². The Morgan fingerprint density at radius 3 is 1.88 bits per heavy atom. The third-order valence-corrected chi connectivity index (χ3v) is 8.24. The van der Waals surface area contributed by atoms with Crippen LogP contribution in [-0.4, -0.2) is 20.9 Å². The normalized spacial score (nSPS) is 11.4. The van der Waals surface area contributed by atoms with Crippen molar-refractivity contribution in [2.45, 2.75) is 102 Å². The maximum Gasteiger partial charge on any atom is 0.275 e. The number of rotatable bonds is 19. The Morgan fingerprint density at radius 1 is 0.794 bits per heavy atom. The summed E-state index contributed by atoms with van der Waals surface area (Å²) < 4.78 is 26.8. The van der Waals surface area contributed by atoms with E-state index in [1.165, 1.54) is 107 Å². The Hall–Kier alpha value is -1.86. The molecule has 2 rings (SSSR count). The quantitative estimate of drug-likeness (QED) is 0.191. The van der Waals surface area contributed by atoms with Crippen molar-refractivity contribution in [1.29, 1.82) is 0 Å². The van der Waals surface area contributed by atoms with Crippen LogP contribution in [0.2, 0.25) is 0 Å². The van der Waals surface area contributed by atoms with Crippen LogP contribution in [0.5, 0.6) is 0 Å². The van der Waals surface area contributed by atoms with Crippen LogP contribution in [0.3, 0.4) is 0 Å². The fourth-order valence-electron chi connectivity index (χ4n) is 3.93. The SMILES string of the molecule is CCCCCCCCCCCCCCCCNc1csc(C(=O)NS(=O)(=O)c2ccccc2)c1. The second-order valence-corrected chi connectivity index (χ2v) is 11.6. The molecule has 0 spiro atoms. The number of hydrogen-bond donors (Lipinski definition) is 2. The third-order valence-electron chi connectivity index (χ3n) is 5.96. The molecule has 0 aliphatic heterocycles. The monoisotopic (exact) mass is 506 g/mol. The summed E-state index contributed by atoms with van der Waals surface area (Å²) in [4.78, 5) is 12.8. The van der Waals surface area contributed by atoms with Crippen LogP contribution < -0.4 is 10.0 Å². The van der Waals surface area contributed by atoms with Crippen molar-refractivity contribution >= 4 is 33.0 Å². The number of benzene rings is 1. The zero-order chi connectivity index (χ0) is 24.5. The molecule has 0 unspecified atom stereocenters. The van der Waals surface area contributed by atoms with Crippen molar-refractivity contribution in [2.24, 2.45) is 0 Å². The first-order valence-electron chi connectivity index (χ1n) is 13.0. The number of unbranched alkanes of at least 4 members (excludes halogenated alkanes) is 13. The number of carbonyl (C=O) groups excluding carboxylic acids is 1. The molecule has 0 saturated carbocycles. The van der Waals surface area contributed by atoms with Gasteiger partial charge < -0.3 is 5.32 Å². The van der Waals surface area contributed by atoms with Gasteiger partial charge in [-0.2, -0.15) is 0 Å². The first-order valence-corrected chi connectivity index (χ1v) is 15.3. The largest absolute Gasteiger partial charge is 0.384 e. The topological polar surface area (TPSA) is 75.3 Å². The van der Waals surface area contributed by atoms with E-state index < -0.39 is 15.9 Å². The molecule has 2 aromatic rings. The highest BCUT2D eigenvalue weighted by molar-refractivity contribution is 7.90. The minimum atomic E-state index is -3.86. The van der Waals surface area contributed by atoms with Crippen LogP contribution in [0, 0.1) is 0 Å². The molecular formula is C27H42N2O3S2. The lowest BCUT2D eigenvalue weighted by atomic mass is 10.0. The van der Waals surface area contributed by atoms with Crippen LogP contribution >= 0.6 is 11.3 Å². The minimum Gasteiger partial charge on any atom is -0.384 e.